The zero-order chi connectivity index (χ0) is 29.4. The van der Waals surface area contributed by atoms with E-state index < -0.39 is 17.6 Å². The van der Waals surface area contributed by atoms with Crippen molar-refractivity contribution in [1.29, 1.82) is 0 Å². The smallest absolute Gasteiger partial charge is 0.450 e. The highest BCUT2D eigenvalue weighted by atomic mass is 28.4. The highest BCUT2D eigenvalue weighted by molar-refractivity contribution is 6.76. The van der Waals surface area contributed by atoms with E-state index in [1.54, 1.807) is 0 Å². The fraction of sp³-hybridized carbons (Fsp3) is 0.615. The lowest BCUT2D eigenvalue weighted by molar-refractivity contribution is 0.0459. The third-order valence-corrected chi connectivity index (χ3v) is 11.4. The van der Waals surface area contributed by atoms with Crippen LogP contribution in [0.1, 0.15) is 41.5 Å². The van der Waals surface area contributed by atoms with E-state index in [0.717, 1.165) is 0 Å². The molecule has 226 valence electrons. The standard InChI is InChI=1S/C26H44N2O10Si2/c1-9-33-39(34-10-2,35-11-3)23-17-15-21(27-25(23)31-19-29-7)22-16-18-24(26(28-22)32-20-30-8)40(36-12-4,37-13-5)38-14-6/h15-18H,9-14,19-20H2,1-8H3. The third-order valence-electron chi connectivity index (χ3n) is 5.28. The molecule has 0 saturated carbocycles. The monoisotopic (exact) mass is 600 g/mol. The minimum absolute atomic E-state index is 0.0297. The van der Waals surface area contributed by atoms with Gasteiger partial charge in [-0.2, -0.15) is 0 Å². The van der Waals surface area contributed by atoms with E-state index in [2.05, 4.69) is 0 Å². The molecule has 40 heavy (non-hydrogen) atoms. The lowest BCUT2D eigenvalue weighted by Crippen LogP contribution is -2.57. The van der Waals surface area contributed by atoms with E-state index in [4.69, 9.17) is 55.5 Å². The summed E-state index contributed by atoms with van der Waals surface area (Å²) in [7, 11) is -3.59. The first-order valence-electron chi connectivity index (χ1n) is 13.5. The Balaban J connectivity index is 2.70. The minimum Gasteiger partial charge on any atom is -0.450 e. The van der Waals surface area contributed by atoms with E-state index >= 15 is 0 Å². The van der Waals surface area contributed by atoms with Crippen LogP contribution in [0.5, 0.6) is 11.8 Å². The summed E-state index contributed by atoms with van der Waals surface area (Å²) in [5.41, 5.74) is 1.04. The number of rotatable bonds is 21. The van der Waals surface area contributed by atoms with Gasteiger partial charge in [0.15, 0.2) is 13.6 Å². The number of nitrogens with zero attached hydrogens (tertiary/aromatic N) is 2. The third kappa shape index (κ3) is 8.51. The van der Waals surface area contributed by atoms with Crippen LogP contribution in [-0.4, -0.2) is 95.0 Å². The summed E-state index contributed by atoms with van der Waals surface area (Å²) in [5.74, 6) is 0.543. The van der Waals surface area contributed by atoms with Gasteiger partial charge in [0.05, 0.1) is 21.8 Å². The number of methoxy groups -OCH3 is 2. The quantitative estimate of drug-likeness (QED) is 0.155. The van der Waals surface area contributed by atoms with Crippen molar-refractivity contribution in [2.45, 2.75) is 41.5 Å². The van der Waals surface area contributed by atoms with Crippen molar-refractivity contribution in [1.82, 2.24) is 9.97 Å². The van der Waals surface area contributed by atoms with E-state index in [0.29, 0.717) is 61.4 Å². The molecule has 0 spiro atoms. The van der Waals surface area contributed by atoms with Gasteiger partial charge in [-0.25, -0.2) is 9.97 Å². The van der Waals surface area contributed by atoms with Crippen molar-refractivity contribution in [3.63, 3.8) is 0 Å². The molecular formula is C26H44N2O10Si2. The molecule has 0 amide bonds. The summed E-state index contributed by atoms with van der Waals surface area (Å²) in [6.45, 7) is 13.6. The molecule has 0 unspecified atom stereocenters. The van der Waals surface area contributed by atoms with Crippen LogP contribution >= 0.6 is 0 Å². The zero-order valence-electron chi connectivity index (χ0n) is 24.9. The molecule has 0 bridgehead atoms. The SMILES string of the molecule is CCO[Si](OCC)(OCC)c1ccc(-c2ccc([Si](OCC)(OCC)OCC)c(OCOC)n2)nc1OCOC. The van der Waals surface area contributed by atoms with Gasteiger partial charge >= 0.3 is 17.6 Å². The number of aromatic nitrogens is 2. The van der Waals surface area contributed by atoms with Gasteiger partial charge in [-0.05, 0) is 65.8 Å². The molecule has 0 saturated heterocycles. The van der Waals surface area contributed by atoms with E-state index in [-0.39, 0.29) is 25.3 Å². The Labute approximate surface area is 239 Å². The van der Waals surface area contributed by atoms with Crippen molar-refractivity contribution in [3.05, 3.63) is 24.3 Å². The molecular weight excluding hydrogens is 556 g/mol. The highest BCUT2D eigenvalue weighted by Crippen LogP contribution is 2.25. The van der Waals surface area contributed by atoms with Gasteiger partial charge in [0.1, 0.15) is 0 Å². The summed E-state index contributed by atoms with van der Waals surface area (Å²) in [6.07, 6.45) is 0. The fourth-order valence-electron chi connectivity index (χ4n) is 3.94. The van der Waals surface area contributed by atoms with Crippen molar-refractivity contribution in [2.24, 2.45) is 0 Å². The van der Waals surface area contributed by atoms with Crippen LogP contribution in [0.2, 0.25) is 0 Å². The average Bonchev–Trinajstić information content (AvgIpc) is 2.95. The van der Waals surface area contributed by atoms with Crippen molar-refractivity contribution in [2.75, 3.05) is 67.4 Å². The summed E-state index contributed by atoms with van der Waals surface area (Å²) in [6, 6.07) is 7.30. The lowest BCUT2D eigenvalue weighted by Gasteiger charge is -2.30. The van der Waals surface area contributed by atoms with Gasteiger partial charge in [0, 0.05) is 53.9 Å². The molecule has 2 aromatic rings. The Hall–Kier alpha value is -1.99. The van der Waals surface area contributed by atoms with Crippen LogP contribution in [0, 0.1) is 0 Å². The topological polar surface area (TPSA) is 118 Å². The van der Waals surface area contributed by atoms with Gasteiger partial charge in [0.25, 0.3) is 0 Å². The number of hydrogen-bond acceptors (Lipinski definition) is 12. The molecule has 0 atom stereocenters. The van der Waals surface area contributed by atoms with E-state index in [9.17, 15) is 0 Å². The van der Waals surface area contributed by atoms with Gasteiger partial charge in [-0.3, -0.25) is 0 Å². The Morgan fingerprint density at radius 2 is 0.800 bits per heavy atom. The van der Waals surface area contributed by atoms with Crippen LogP contribution in [-0.2, 0) is 36.0 Å². The summed E-state index contributed by atoms with van der Waals surface area (Å²) >= 11 is 0. The number of hydrogen-bond donors (Lipinski definition) is 0. The second-order valence-electron chi connectivity index (χ2n) is 7.91. The molecule has 14 heteroatoms. The van der Waals surface area contributed by atoms with E-state index in [1.165, 1.54) is 14.2 Å². The normalized spacial score (nSPS) is 12.1. The predicted octanol–water partition coefficient (Wildman–Crippen LogP) is 2.62. The van der Waals surface area contributed by atoms with Crippen molar-refractivity contribution in [3.8, 4) is 23.1 Å². The highest BCUT2D eigenvalue weighted by Gasteiger charge is 2.48. The first-order valence-corrected chi connectivity index (χ1v) is 17.0. The largest absolute Gasteiger partial charge is 0.542 e. The van der Waals surface area contributed by atoms with Crippen molar-refractivity contribution < 1.29 is 45.5 Å². The first-order chi connectivity index (χ1) is 19.4. The maximum absolute atomic E-state index is 6.10. The van der Waals surface area contributed by atoms with Crippen LogP contribution < -0.4 is 19.8 Å². The average molecular weight is 601 g/mol. The molecule has 2 heterocycles. The molecule has 2 aromatic heterocycles. The van der Waals surface area contributed by atoms with E-state index in [1.807, 2.05) is 65.8 Å². The lowest BCUT2D eigenvalue weighted by atomic mass is 10.2. The zero-order valence-corrected chi connectivity index (χ0v) is 26.9. The molecule has 0 aliphatic carbocycles. The molecule has 0 fully saturated rings. The van der Waals surface area contributed by atoms with Gasteiger partial charge in [-0.1, -0.05) is 0 Å². The number of pyridine rings is 2. The summed E-state index contributed by atoms with van der Waals surface area (Å²) in [5, 5.41) is 1.20. The minimum atomic E-state index is -3.33. The van der Waals surface area contributed by atoms with Crippen LogP contribution in [0.15, 0.2) is 24.3 Å². The molecule has 0 radical (unpaired) electrons. The van der Waals surface area contributed by atoms with Crippen molar-refractivity contribution >= 4 is 28.0 Å². The van der Waals surface area contributed by atoms with Gasteiger partial charge in [-0.15, -0.1) is 0 Å². The fourth-order valence-corrected chi connectivity index (χ4v) is 9.01. The second kappa shape index (κ2) is 17.7. The molecule has 2 rings (SSSR count). The van der Waals surface area contributed by atoms with Crippen LogP contribution in [0.25, 0.3) is 11.4 Å². The van der Waals surface area contributed by atoms with Gasteiger partial charge in [0.2, 0.25) is 11.8 Å². The predicted molar refractivity (Wildman–Crippen MR) is 153 cm³/mol. The Kier molecular flexibility index (Phi) is 15.2. The second-order valence-corrected chi connectivity index (χ2v) is 12.9. The maximum Gasteiger partial charge on any atom is 0.542 e. The summed E-state index contributed by atoms with van der Waals surface area (Å²) < 4.78 is 58.7. The molecule has 0 aliphatic heterocycles. The molecule has 0 aromatic carbocycles. The molecule has 0 aliphatic rings. The maximum atomic E-state index is 6.10. The van der Waals surface area contributed by atoms with Crippen LogP contribution in [0.4, 0.5) is 0 Å². The molecule has 0 N–H and O–H groups in total. The van der Waals surface area contributed by atoms with Gasteiger partial charge < -0.3 is 45.5 Å². The Morgan fingerprint density at radius 1 is 0.500 bits per heavy atom. The Bertz CT molecular complexity index is 904. The molecule has 12 nitrogen and oxygen atoms in total. The van der Waals surface area contributed by atoms with Crippen LogP contribution in [0.3, 0.4) is 0 Å². The Morgan fingerprint density at radius 3 is 1.05 bits per heavy atom. The first kappa shape index (κ1) is 34.2. The number of ether oxygens (including phenoxy) is 4. The summed E-state index contributed by atoms with van der Waals surface area (Å²) in [4.78, 5) is 9.55.